The smallest absolute Gasteiger partial charge is 0.307 e. The predicted octanol–water partition coefficient (Wildman–Crippen LogP) is 0.739. The summed E-state index contributed by atoms with van der Waals surface area (Å²) in [6, 6.07) is 0. The molecule has 3 rings (SSSR count). The molecule has 5 nitrogen and oxygen atoms in total. The summed E-state index contributed by atoms with van der Waals surface area (Å²) in [6.45, 7) is 4.52. The van der Waals surface area contributed by atoms with Crippen molar-refractivity contribution in [3.63, 3.8) is 0 Å². The highest BCUT2D eigenvalue weighted by Crippen LogP contribution is 2.49. The van der Waals surface area contributed by atoms with Crippen molar-refractivity contribution < 1.29 is 19.8 Å². The molecule has 20 heavy (non-hydrogen) atoms. The molecule has 2 unspecified atom stereocenters. The van der Waals surface area contributed by atoms with Gasteiger partial charge < -0.3 is 15.1 Å². The number of likely N-dealkylation sites (tertiary alicyclic amines) is 1. The third kappa shape index (κ3) is 1.79. The number of amides is 1. The van der Waals surface area contributed by atoms with Crippen molar-refractivity contribution in [2.45, 2.75) is 25.9 Å². The zero-order valence-electron chi connectivity index (χ0n) is 11.8. The molecule has 0 spiro atoms. The third-order valence-electron chi connectivity index (χ3n) is 5.35. The molecule has 2 bridgehead atoms. The van der Waals surface area contributed by atoms with Crippen LogP contribution in [0.3, 0.4) is 0 Å². The van der Waals surface area contributed by atoms with Gasteiger partial charge in [-0.05, 0) is 24.2 Å². The largest absolute Gasteiger partial charge is 0.481 e. The fourth-order valence-corrected chi connectivity index (χ4v) is 3.84. The number of rotatable bonds is 3. The molecule has 0 aromatic rings. The van der Waals surface area contributed by atoms with E-state index in [1.807, 2.05) is 26.0 Å². The van der Waals surface area contributed by atoms with Crippen LogP contribution in [0.25, 0.3) is 0 Å². The predicted molar refractivity (Wildman–Crippen MR) is 71.7 cm³/mol. The van der Waals surface area contributed by atoms with E-state index in [1.54, 1.807) is 4.90 Å². The number of carboxylic acid groups (broad SMARTS) is 1. The number of allylic oxidation sites excluding steroid dienone is 2. The van der Waals surface area contributed by atoms with Gasteiger partial charge in [0.15, 0.2) is 0 Å². The number of aliphatic hydroxyl groups is 1. The zero-order valence-corrected chi connectivity index (χ0v) is 11.8. The molecule has 1 saturated heterocycles. The van der Waals surface area contributed by atoms with Crippen LogP contribution in [0.1, 0.15) is 20.3 Å². The van der Waals surface area contributed by atoms with Crippen molar-refractivity contribution in [3.05, 3.63) is 12.2 Å². The average molecular weight is 279 g/mol. The lowest BCUT2D eigenvalue weighted by Gasteiger charge is -2.50. The first kappa shape index (κ1) is 13.6. The fraction of sp³-hybridized carbons (Fsp3) is 0.733. The molecular weight excluding hydrogens is 258 g/mol. The Hall–Kier alpha value is -1.36. The maximum Gasteiger partial charge on any atom is 0.307 e. The molecule has 3 aliphatic rings. The van der Waals surface area contributed by atoms with E-state index in [2.05, 4.69) is 0 Å². The maximum atomic E-state index is 12.6. The van der Waals surface area contributed by atoms with Crippen LogP contribution in [-0.4, -0.2) is 45.7 Å². The Morgan fingerprint density at radius 3 is 2.25 bits per heavy atom. The summed E-state index contributed by atoms with van der Waals surface area (Å²) in [7, 11) is 0. The first-order chi connectivity index (χ1) is 9.33. The Morgan fingerprint density at radius 1 is 1.20 bits per heavy atom. The second-order valence-corrected chi connectivity index (χ2v) is 6.79. The van der Waals surface area contributed by atoms with Gasteiger partial charge in [0, 0.05) is 0 Å². The van der Waals surface area contributed by atoms with E-state index in [0.717, 1.165) is 6.42 Å². The van der Waals surface area contributed by atoms with Gasteiger partial charge in [-0.3, -0.25) is 9.59 Å². The van der Waals surface area contributed by atoms with Crippen LogP contribution < -0.4 is 0 Å². The number of nitrogens with zero attached hydrogens (tertiary/aromatic N) is 1. The topological polar surface area (TPSA) is 77.8 Å². The van der Waals surface area contributed by atoms with Crippen LogP contribution in [0.5, 0.6) is 0 Å². The molecule has 0 radical (unpaired) electrons. The Morgan fingerprint density at radius 2 is 1.75 bits per heavy atom. The lowest BCUT2D eigenvalue weighted by molar-refractivity contribution is -0.172. The number of fused-ring (bicyclic) bond motifs is 2. The van der Waals surface area contributed by atoms with E-state index >= 15 is 0 Å². The molecule has 110 valence electrons. The van der Waals surface area contributed by atoms with E-state index < -0.39 is 23.4 Å². The second-order valence-electron chi connectivity index (χ2n) is 6.79. The SMILES string of the molecule is CC(C)C1(O)CN(C(=O)[C@H]2C3C=CC(C3)[C@H]2C(=O)O)C1. The maximum absolute atomic E-state index is 12.6. The molecule has 0 aromatic carbocycles. The van der Waals surface area contributed by atoms with Crippen molar-refractivity contribution in [3.8, 4) is 0 Å². The summed E-state index contributed by atoms with van der Waals surface area (Å²) < 4.78 is 0. The van der Waals surface area contributed by atoms with Gasteiger partial charge >= 0.3 is 5.97 Å². The van der Waals surface area contributed by atoms with Crippen LogP contribution in [0.2, 0.25) is 0 Å². The van der Waals surface area contributed by atoms with Crippen LogP contribution in [0.4, 0.5) is 0 Å². The highest BCUT2D eigenvalue weighted by Gasteiger charge is 2.55. The molecule has 1 heterocycles. The van der Waals surface area contributed by atoms with Crippen LogP contribution in [0, 0.1) is 29.6 Å². The number of β-amino-alcohol motifs (C(OH)–C–C–N with tert-alkyl or cyclic N) is 1. The number of carbonyl (C=O) groups is 2. The van der Waals surface area contributed by atoms with E-state index in [4.69, 9.17) is 0 Å². The van der Waals surface area contributed by atoms with Crippen molar-refractivity contribution >= 4 is 11.9 Å². The summed E-state index contributed by atoms with van der Waals surface area (Å²) in [4.78, 5) is 25.6. The zero-order chi connectivity index (χ0) is 14.7. The quantitative estimate of drug-likeness (QED) is 0.747. The molecule has 1 aliphatic heterocycles. The van der Waals surface area contributed by atoms with Crippen LogP contribution >= 0.6 is 0 Å². The molecule has 5 heteroatoms. The van der Waals surface area contributed by atoms with E-state index in [-0.39, 0.29) is 23.7 Å². The fourth-order valence-electron chi connectivity index (χ4n) is 3.84. The van der Waals surface area contributed by atoms with Crippen LogP contribution in [0.15, 0.2) is 12.2 Å². The van der Waals surface area contributed by atoms with Crippen LogP contribution in [-0.2, 0) is 9.59 Å². The number of carbonyl (C=O) groups excluding carboxylic acids is 1. The first-order valence-corrected chi connectivity index (χ1v) is 7.26. The summed E-state index contributed by atoms with van der Waals surface area (Å²) in [5.74, 6) is -1.86. The van der Waals surface area contributed by atoms with E-state index in [1.165, 1.54) is 0 Å². The van der Waals surface area contributed by atoms with Crippen molar-refractivity contribution in [2.75, 3.05) is 13.1 Å². The third-order valence-corrected chi connectivity index (χ3v) is 5.35. The number of hydrogen-bond acceptors (Lipinski definition) is 3. The Balaban J connectivity index is 1.72. The van der Waals surface area contributed by atoms with Gasteiger partial charge in [0.2, 0.25) is 5.91 Å². The van der Waals surface area contributed by atoms with Gasteiger partial charge in [-0.25, -0.2) is 0 Å². The van der Waals surface area contributed by atoms with E-state index in [9.17, 15) is 19.8 Å². The highest BCUT2D eigenvalue weighted by atomic mass is 16.4. The lowest BCUT2D eigenvalue weighted by atomic mass is 9.78. The average Bonchev–Trinajstić information content (AvgIpc) is 2.93. The molecule has 2 fully saturated rings. The monoisotopic (exact) mass is 279 g/mol. The summed E-state index contributed by atoms with van der Waals surface area (Å²) in [6.07, 6.45) is 4.70. The second kappa shape index (κ2) is 4.32. The molecule has 0 aromatic heterocycles. The Bertz CT molecular complexity index is 478. The molecular formula is C15H21NO4. The van der Waals surface area contributed by atoms with Gasteiger partial charge in [-0.2, -0.15) is 0 Å². The number of aliphatic carboxylic acids is 1. The van der Waals surface area contributed by atoms with Gasteiger partial charge in [0.25, 0.3) is 0 Å². The van der Waals surface area contributed by atoms with Gasteiger partial charge in [0.05, 0.1) is 24.9 Å². The summed E-state index contributed by atoms with van der Waals surface area (Å²) in [5, 5.41) is 19.6. The van der Waals surface area contributed by atoms with Gasteiger partial charge in [-0.15, -0.1) is 0 Å². The summed E-state index contributed by atoms with van der Waals surface area (Å²) >= 11 is 0. The van der Waals surface area contributed by atoms with Crippen molar-refractivity contribution in [1.29, 1.82) is 0 Å². The van der Waals surface area contributed by atoms with Crippen molar-refractivity contribution in [2.24, 2.45) is 29.6 Å². The number of hydrogen-bond donors (Lipinski definition) is 2. The van der Waals surface area contributed by atoms with Gasteiger partial charge in [-0.1, -0.05) is 26.0 Å². The molecule has 1 amide bonds. The first-order valence-electron chi connectivity index (χ1n) is 7.26. The minimum atomic E-state index is -0.875. The molecule has 2 aliphatic carbocycles. The number of carboxylic acids is 1. The molecule has 4 atom stereocenters. The minimum absolute atomic E-state index is 0.00305. The Labute approximate surface area is 118 Å². The molecule has 2 N–H and O–H groups in total. The highest BCUT2D eigenvalue weighted by molar-refractivity contribution is 5.87. The summed E-state index contributed by atoms with van der Waals surface area (Å²) in [5.41, 5.74) is -0.804. The normalized spacial score (nSPS) is 37.3. The van der Waals surface area contributed by atoms with E-state index in [0.29, 0.717) is 13.1 Å². The molecule has 1 saturated carbocycles. The lowest BCUT2D eigenvalue weighted by Crippen LogP contribution is -2.67. The Kier molecular flexibility index (Phi) is 2.94. The minimum Gasteiger partial charge on any atom is -0.481 e. The standard InChI is InChI=1S/C15H21NO4/c1-8(2)15(20)6-16(7-15)13(17)11-9-3-4-10(5-9)12(11)14(18)19/h3-4,8-12,20H,5-7H2,1-2H3,(H,18,19)/t9?,10?,11-,12+/m0/s1. The van der Waals surface area contributed by atoms with Crippen molar-refractivity contribution in [1.82, 2.24) is 4.90 Å². The van der Waals surface area contributed by atoms with Gasteiger partial charge in [0.1, 0.15) is 5.60 Å².